The van der Waals surface area contributed by atoms with Gasteiger partial charge in [0, 0.05) is 11.8 Å². The molecule has 33 heavy (non-hydrogen) atoms. The maximum Gasteiger partial charge on any atom is 0.338 e. The number of amides is 3. The molecule has 0 saturated carbocycles. The van der Waals surface area contributed by atoms with E-state index in [-0.39, 0.29) is 23.2 Å². The van der Waals surface area contributed by atoms with E-state index in [1.54, 1.807) is 36.4 Å². The smallest absolute Gasteiger partial charge is 0.338 e. The minimum atomic E-state index is -1.11. The van der Waals surface area contributed by atoms with E-state index in [4.69, 9.17) is 13.9 Å². The van der Waals surface area contributed by atoms with E-state index in [1.807, 2.05) is 0 Å². The molecule has 1 aliphatic heterocycles. The van der Waals surface area contributed by atoms with Gasteiger partial charge in [0.05, 0.1) is 36.6 Å². The standard InChI is InChI=1S/C24H20N2O7/c1-14(21(27)25-16-5-3-6-17(12-16)31-2)33-24(30)15-8-9-19-20(11-15)23(29)26(22(19)28)13-18-7-4-10-32-18/h3-12,14H,13H2,1-2H3,(H,25,27)/t14-/m0/s1. The molecule has 0 saturated heterocycles. The number of benzene rings is 2. The lowest BCUT2D eigenvalue weighted by molar-refractivity contribution is -0.123. The van der Waals surface area contributed by atoms with Crippen LogP contribution in [-0.2, 0) is 16.1 Å². The molecule has 4 rings (SSSR count). The highest BCUT2D eigenvalue weighted by atomic mass is 16.5. The van der Waals surface area contributed by atoms with Crippen molar-refractivity contribution in [1.82, 2.24) is 4.90 Å². The van der Waals surface area contributed by atoms with Crippen molar-refractivity contribution in [3.63, 3.8) is 0 Å². The topological polar surface area (TPSA) is 115 Å². The molecule has 1 aliphatic rings. The predicted molar refractivity (Wildman–Crippen MR) is 116 cm³/mol. The average Bonchev–Trinajstić information content (AvgIpc) is 3.42. The quantitative estimate of drug-likeness (QED) is 0.436. The molecule has 0 unspecified atom stereocenters. The van der Waals surface area contributed by atoms with Gasteiger partial charge in [0.2, 0.25) is 0 Å². The van der Waals surface area contributed by atoms with Gasteiger partial charge in [-0.3, -0.25) is 19.3 Å². The Kier molecular flexibility index (Phi) is 5.95. The van der Waals surface area contributed by atoms with Gasteiger partial charge < -0.3 is 19.2 Å². The van der Waals surface area contributed by atoms with Crippen LogP contribution in [0.25, 0.3) is 0 Å². The first-order valence-corrected chi connectivity index (χ1v) is 10.1. The van der Waals surface area contributed by atoms with Crippen LogP contribution in [0.4, 0.5) is 5.69 Å². The number of hydrogen-bond donors (Lipinski definition) is 1. The van der Waals surface area contributed by atoms with Crippen molar-refractivity contribution in [3.05, 3.63) is 83.3 Å². The van der Waals surface area contributed by atoms with Crippen molar-refractivity contribution in [2.75, 3.05) is 12.4 Å². The highest BCUT2D eigenvalue weighted by Gasteiger charge is 2.36. The van der Waals surface area contributed by atoms with Gasteiger partial charge in [0.1, 0.15) is 11.5 Å². The molecule has 1 aromatic heterocycles. The summed E-state index contributed by atoms with van der Waals surface area (Å²) in [7, 11) is 1.51. The first kappa shape index (κ1) is 21.8. The Bertz CT molecular complexity index is 1230. The summed E-state index contributed by atoms with van der Waals surface area (Å²) in [5, 5.41) is 2.64. The number of nitrogens with one attached hydrogen (secondary N) is 1. The van der Waals surface area contributed by atoms with Crippen LogP contribution in [0, 0.1) is 0 Å². The SMILES string of the molecule is COc1cccc(NC(=O)[C@H](C)OC(=O)c2ccc3c(c2)C(=O)N(Cc2ccco2)C3=O)c1. The summed E-state index contributed by atoms with van der Waals surface area (Å²) in [5.74, 6) is -1.32. The van der Waals surface area contributed by atoms with Crippen molar-refractivity contribution in [2.24, 2.45) is 0 Å². The van der Waals surface area contributed by atoms with Crippen LogP contribution >= 0.6 is 0 Å². The number of anilines is 1. The number of hydrogen-bond acceptors (Lipinski definition) is 7. The van der Waals surface area contributed by atoms with E-state index < -0.39 is 29.8 Å². The van der Waals surface area contributed by atoms with Crippen molar-refractivity contribution in [3.8, 4) is 5.75 Å². The molecule has 2 aromatic carbocycles. The second-order valence-corrected chi connectivity index (χ2v) is 7.30. The summed E-state index contributed by atoms with van der Waals surface area (Å²) in [6.45, 7) is 1.42. The molecule has 0 spiro atoms. The van der Waals surface area contributed by atoms with Crippen molar-refractivity contribution in [1.29, 1.82) is 0 Å². The van der Waals surface area contributed by atoms with Crippen LogP contribution < -0.4 is 10.1 Å². The molecule has 9 nitrogen and oxygen atoms in total. The van der Waals surface area contributed by atoms with Gasteiger partial charge in [0.15, 0.2) is 6.10 Å². The molecule has 3 aromatic rings. The first-order valence-electron chi connectivity index (χ1n) is 10.1. The second kappa shape index (κ2) is 8.99. The molecule has 3 amide bonds. The van der Waals surface area contributed by atoms with Crippen molar-refractivity contribution < 1.29 is 33.1 Å². The van der Waals surface area contributed by atoms with Gasteiger partial charge in [-0.05, 0) is 49.4 Å². The average molecular weight is 448 g/mol. The molecule has 0 fully saturated rings. The van der Waals surface area contributed by atoms with Gasteiger partial charge in [-0.1, -0.05) is 6.07 Å². The second-order valence-electron chi connectivity index (χ2n) is 7.30. The highest BCUT2D eigenvalue weighted by molar-refractivity contribution is 6.21. The van der Waals surface area contributed by atoms with Crippen LogP contribution in [0.5, 0.6) is 5.75 Å². The molecule has 1 N–H and O–H groups in total. The Morgan fingerprint density at radius 2 is 1.82 bits per heavy atom. The largest absolute Gasteiger partial charge is 0.497 e. The number of ether oxygens (including phenoxy) is 2. The number of fused-ring (bicyclic) bond motifs is 1. The Labute approximate surface area is 188 Å². The van der Waals surface area contributed by atoms with Crippen LogP contribution in [0.15, 0.2) is 65.3 Å². The third kappa shape index (κ3) is 4.47. The van der Waals surface area contributed by atoms with Gasteiger partial charge in [-0.25, -0.2) is 4.79 Å². The summed E-state index contributed by atoms with van der Waals surface area (Å²) in [6, 6.07) is 14.1. The van der Waals surface area contributed by atoms with E-state index in [2.05, 4.69) is 5.32 Å². The Balaban J connectivity index is 1.43. The maximum atomic E-state index is 12.7. The molecule has 168 valence electrons. The zero-order valence-electron chi connectivity index (χ0n) is 17.9. The van der Waals surface area contributed by atoms with Crippen LogP contribution in [0.2, 0.25) is 0 Å². The maximum absolute atomic E-state index is 12.7. The summed E-state index contributed by atoms with van der Waals surface area (Å²) < 4.78 is 15.6. The van der Waals surface area contributed by atoms with Gasteiger partial charge in [-0.15, -0.1) is 0 Å². The fraction of sp³-hybridized carbons (Fsp3) is 0.167. The molecule has 9 heteroatoms. The summed E-state index contributed by atoms with van der Waals surface area (Å²) in [6.07, 6.45) is 0.345. The van der Waals surface area contributed by atoms with E-state index in [9.17, 15) is 19.2 Å². The van der Waals surface area contributed by atoms with Crippen molar-refractivity contribution in [2.45, 2.75) is 19.6 Å². The number of esters is 1. The minimum absolute atomic E-state index is 0.0133. The lowest BCUT2D eigenvalue weighted by atomic mass is 10.1. The molecule has 0 bridgehead atoms. The number of rotatable bonds is 7. The molecular weight excluding hydrogens is 428 g/mol. The van der Waals surface area contributed by atoms with Gasteiger partial charge in [0.25, 0.3) is 17.7 Å². The third-order valence-electron chi connectivity index (χ3n) is 5.09. The number of furan rings is 1. The number of carbonyl (C=O) groups excluding carboxylic acids is 4. The van der Waals surface area contributed by atoms with Gasteiger partial charge in [-0.2, -0.15) is 0 Å². The molecular formula is C24H20N2O7. The summed E-state index contributed by atoms with van der Waals surface area (Å²) in [4.78, 5) is 51.4. The molecule has 0 aliphatic carbocycles. The first-order chi connectivity index (χ1) is 15.9. The highest BCUT2D eigenvalue weighted by Crippen LogP contribution is 2.26. The normalized spacial score (nSPS) is 13.5. The fourth-order valence-electron chi connectivity index (χ4n) is 3.35. The van der Waals surface area contributed by atoms with E-state index >= 15 is 0 Å². The zero-order valence-corrected chi connectivity index (χ0v) is 17.9. The number of methoxy groups -OCH3 is 1. The van der Waals surface area contributed by atoms with Crippen LogP contribution in [0.1, 0.15) is 43.8 Å². The zero-order chi connectivity index (χ0) is 23.5. The summed E-state index contributed by atoms with van der Waals surface area (Å²) in [5.41, 5.74) is 0.817. The Hall–Kier alpha value is -4.40. The lowest BCUT2D eigenvalue weighted by Crippen LogP contribution is -2.30. The summed E-state index contributed by atoms with van der Waals surface area (Å²) >= 11 is 0. The molecule has 0 radical (unpaired) electrons. The number of carbonyl (C=O) groups is 4. The fourth-order valence-corrected chi connectivity index (χ4v) is 3.35. The Morgan fingerprint density at radius 1 is 1.03 bits per heavy atom. The lowest BCUT2D eigenvalue weighted by Gasteiger charge is -2.14. The van der Waals surface area contributed by atoms with Gasteiger partial charge >= 0.3 is 5.97 Å². The molecule has 2 heterocycles. The van der Waals surface area contributed by atoms with Crippen LogP contribution in [0.3, 0.4) is 0 Å². The molecule has 1 atom stereocenters. The van der Waals surface area contributed by atoms with Crippen molar-refractivity contribution >= 4 is 29.4 Å². The minimum Gasteiger partial charge on any atom is -0.497 e. The number of imide groups is 1. The van der Waals surface area contributed by atoms with E-state index in [1.165, 1.54) is 38.5 Å². The number of nitrogens with zero attached hydrogens (tertiary/aromatic N) is 1. The monoisotopic (exact) mass is 448 g/mol. The van der Waals surface area contributed by atoms with E-state index in [0.717, 1.165) is 4.90 Å². The predicted octanol–water partition coefficient (Wildman–Crippen LogP) is 3.27. The van der Waals surface area contributed by atoms with Crippen LogP contribution in [-0.4, -0.2) is 41.8 Å². The van der Waals surface area contributed by atoms with E-state index in [0.29, 0.717) is 17.2 Å². The third-order valence-corrected chi connectivity index (χ3v) is 5.09. The Morgan fingerprint density at radius 3 is 2.55 bits per heavy atom.